The Hall–Kier alpha value is -1.24. The Morgan fingerprint density at radius 3 is 2.55 bits per heavy atom. The SMILES string of the molecule is Cc1cc[nH]c1C1C=CC=C1. The average molecular weight is 145 g/mol. The lowest BCUT2D eigenvalue weighted by Crippen LogP contribution is -1.90. The van der Waals surface area contributed by atoms with Crippen LogP contribution in [0, 0.1) is 6.92 Å². The third-order valence-electron chi connectivity index (χ3n) is 2.08. The number of hydrogen-bond acceptors (Lipinski definition) is 0. The molecule has 1 heteroatoms. The lowest BCUT2D eigenvalue weighted by atomic mass is 10.1. The predicted molar refractivity (Wildman–Crippen MR) is 46.6 cm³/mol. The molecule has 1 N–H and O–H groups in total. The summed E-state index contributed by atoms with van der Waals surface area (Å²) in [4.78, 5) is 3.24. The van der Waals surface area contributed by atoms with Crippen LogP contribution in [0.1, 0.15) is 17.2 Å². The number of aromatic nitrogens is 1. The number of aromatic amines is 1. The van der Waals surface area contributed by atoms with E-state index in [1.54, 1.807) is 0 Å². The first kappa shape index (κ1) is 6.47. The quantitative estimate of drug-likeness (QED) is 0.625. The van der Waals surface area contributed by atoms with E-state index in [0.717, 1.165) is 0 Å². The molecule has 56 valence electrons. The molecule has 0 bridgehead atoms. The van der Waals surface area contributed by atoms with Crippen molar-refractivity contribution < 1.29 is 0 Å². The third-order valence-corrected chi connectivity index (χ3v) is 2.08. The molecule has 1 heterocycles. The highest BCUT2D eigenvalue weighted by molar-refractivity contribution is 5.35. The smallest absolute Gasteiger partial charge is 0.0359 e. The molecule has 0 saturated heterocycles. The molecule has 0 aromatic carbocycles. The molecule has 0 atom stereocenters. The summed E-state index contributed by atoms with van der Waals surface area (Å²) in [5.74, 6) is 0.477. The normalized spacial score (nSPS) is 16.5. The predicted octanol–water partition coefficient (Wildman–Crippen LogP) is 2.53. The highest BCUT2D eigenvalue weighted by Gasteiger charge is 2.09. The van der Waals surface area contributed by atoms with Gasteiger partial charge in [0.25, 0.3) is 0 Å². The van der Waals surface area contributed by atoms with Gasteiger partial charge in [0.15, 0.2) is 0 Å². The van der Waals surface area contributed by atoms with Gasteiger partial charge in [-0.3, -0.25) is 0 Å². The van der Waals surface area contributed by atoms with Gasteiger partial charge < -0.3 is 4.98 Å². The molecule has 1 aliphatic rings. The van der Waals surface area contributed by atoms with E-state index in [9.17, 15) is 0 Å². The summed E-state index contributed by atoms with van der Waals surface area (Å²) < 4.78 is 0. The lowest BCUT2D eigenvalue weighted by molar-refractivity contribution is 1.01. The van der Waals surface area contributed by atoms with Crippen LogP contribution in [-0.4, -0.2) is 4.98 Å². The van der Waals surface area contributed by atoms with E-state index in [1.807, 2.05) is 6.20 Å². The van der Waals surface area contributed by atoms with Crippen molar-refractivity contribution in [3.8, 4) is 0 Å². The minimum atomic E-state index is 0.477. The standard InChI is InChI=1S/C10H11N/c1-8-6-7-11-10(8)9-4-2-3-5-9/h2-7,9,11H,1H3. The molecular weight excluding hydrogens is 134 g/mol. The van der Waals surface area contributed by atoms with Gasteiger partial charge in [0, 0.05) is 17.8 Å². The van der Waals surface area contributed by atoms with Gasteiger partial charge in [0.1, 0.15) is 0 Å². The monoisotopic (exact) mass is 145 g/mol. The van der Waals surface area contributed by atoms with Crippen LogP contribution in [0.3, 0.4) is 0 Å². The first-order valence-corrected chi connectivity index (χ1v) is 3.87. The molecule has 1 aliphatic carbocycles. The Labute approximate surface area is 66.4 Å². The van der Waals surface area contributed by atoms with Crippen molar-refractivity contribution in [1.82, 2.24) is 4.98 Å². The van der Waals surface area contributed by atoms with Crippen LogP contribution >= 0.6 is 0 Å². The number of aryl methyl sites for hydroxylation is 1. The molecule has 0 amide bonds. The Morgan fingerprint density at radius 2 is 2.00 bits per heavy atom. The second kappa shape index (κ2) is 2.42. The van der Waals surface area contributed by atoms with Crippen LogP contribution in [0.2, 0.25) is 0 Å². The molecule has 1 aromatic heterocycles. The van der Waals surface area contributed by atoms with Crippen LogP contribution in [0.25, 0.3) is 0 Å². The van der Waals surface area contributed by atoms with Crippen LogP contribution < -0.4 is 0 Å². The van der Waals surface area contributed by atoms with Gasteiger partial charge in [-0.25, -0.2) is 0 Å². The summed E-state index contributed by atoms with van der Waals surface area (Å²) in [5, 5.41) is 0. The highest BCUT2D eigenvalue weighted by atomic mass is 14.7. The van der Waals surface area contributed by atoms with Crippen molar-refractivity contribution in [3.05, 3.63) is 47.8 Å². The molecule has 0 radical (unpaired) electrons. The van der Waals surface area contributed by atoms with Gasteiger partial charge in [0.2, 0.25) is 0 Å². The molecule has 11 heavy (non-hydrogen) atoms. The van der Waals surface area contributed by atoms with Crippen molar-refractivity contribution in [1.29, 1.82) is 0 Å². The van der Waals surface area contributed by atoms with E-state index < -0.39 is 0 Å². The molecule has 1 nitrogen and oxygen atoms in total. The summed E-state index contributed by atoms with van der Waals surface area (Å²) in [5.41, 5.74) is 2.65. The van der Waals surface area contributed by atoms with E-state index in [4.69, 9.17) is 0 Å². The van der Waals surface area contributed by atoms with Crippen LogP contribution in [0.5, 0.6) is 0 Å². The number of H-pyrrole nitrogens is 1. The second-order valence-corrected chi connectivity index (χ2v) is 2.87. The summed E-state index contributed by atoms with van der Waals surface area (Å²) in [7, 11) is 0. The topological polar surface area (TPSA) is 15.8 Å². The van der Waals surface area contributed by atoms with E-state index in [2.05, 4.69) is 42.3 Å². The molecule has 0 spiro atoms. The Bertz CT molecular complexity index is 292. The Morgan fingerprint density at radius 1 is 1.27 bits per heavy atom. The Balaban J connectivity index is 2.36. The van der Waals surface area contributed by atoms with E-state index in [-0.39, 0.29) is 0 Å². The summed E-state index contributed by atoms with van der Waals surface area (Å²) >= 11 is 0. The summed E-state index contributed by atoms with van der Waals surface area (Å²) in [6.07, 6.45) is 10.6. The van der Waals surface area contributed by atoms with Gasteiger partial charge in [-0.15, -0.1) is 0 Å². The molecular formula is C10H11N. The summed E-state index contributed by atoms with van der Waals surface area (Å²) in [6, 6.07) is 2.11. The third kappa shape index (κ3) is 1.03. The maximum absolute atomic E-state index is 3.24. The van der Waals surface area contributed by atoms with Crippen LogP contribution in [0.4, 0.5) is 0 Å². The fraction of sp³-hybridized carbons (Fsp3) is 0.200. The van der Waals surface area contributed by atoms with Gasteiger partial charge in [-0.05, 0) is 18.6 Å². The van der Waals surface area contributed by atoms with Gasteiger partial charge in [0.05, 0.1) is 0 Å². The first-order valence-electron chi connectivity index (χ1n) is 3.87. The second-order valence-electron chi connectivity index (χ2n) is 2.87. The van der Waals surface area contributed by atoms with E-state index in [0.29, 0.717) is 5.92 Å². The molecule has 0 aliphatic heterocycles. The fourth-order valence-corrected chi connectivity index (χ4v) is 1.44. The molecule has 2 rings (SSSR count). The van der Waals surface area contributed by atoms with Crippen molar-refractivity contribution in [3.63, 3.8) is 0 Å². The largest absolute Gasteiger partial charge is 0.364 e. The average Bonchev–Trinajstić information content (AvgIpc) is 2.55. The highest BCUT2D eigenvalue weighted by Crippen LogP contribution is 2.23. The van der Waals surface area contributed by atoms with Gasteiger partial charge in [-0.2, -0.15) is 0 Å². The van der Waals surface area contributed by atoms with Gasteiger partial charge >= 0.3 is 0 Å². The number of hydrogen-bond donors (Lipinski definition) is 1. The van der Waals surface area contributed by atoms with Crippen molar-refractivity contribution in [2.24, 2.45) is 0 Å². The first-order chi connectivity index (χ1) is 5.38. The molecule has 0 unspecified atom stereocenters. The van der Waals surface area contributed by atoms with Crippen molar-refractivity contribution in [2.75, 3.05) is 0 Å². The van der Waals surface area contributed by atoms with Crippen LogP contribution in [0.15, 0.2) is 36.6 Å². The zero-order valence-corrected chi connectivity index (χ0v) is 6.54. The minimum absolute atomic E-state index is 0.477. The van der Waals surface area contributed by atoms with Crippen LogP contribution in [-0.2, 0) is 0 Å². The van der Waals surface area contributed by atoms with Crippen molar-refractivity contribution >= 4 is 0 Å². The molecule has 1 aromatic rings. The lowest BCUT2D eigenvalue weighted by Gasteiger charge is -2.03. The van der Waals surface area contributed by atoms with Crippen molar-refractivity contribution in [2.45, 2.75) is 12.8 Å². The number of rotatable bonds is 1. The molecule has 0 fully saturated rings. The number of nitrogens with one attached hydrogen (secondary N) is 1. The minimum Gasteiger partial charge on any atom is -0.364 e. The fourth-order valence-electron chi connectivity index (χ4n) is 1.44. The summed E-state index contributed by atoms with van der Waals surface area (Å²) in [6.45, 7) is 2.13. The van der Waals surface area contributed by atoms with E-state index >= 15 is 0 Å². The Kier molecular flexibility index (Phi) is 1.42. The maximum atomic E-state index is 3.24. The van der Waals surface area contributed by atoms with E-state index in [1.165, 1.54) is 11.3 Å². The van der Waals surface area contributed by atoms with Gasteiger partial charge in [-0.1, -0.05) is 24.3 Å². The maximum Gasteiger partial charge on any atom is 0.0359 e. The zero-order valence-electron chi connectivity index (χ0n) is 6.54. The molecule has 0 saturated carbocycles. The zero-order chi connectivity index (χ0) is 7.68. The number of allylic oxidation sites excluding steroid dienone is 4.